The maximum atomic E-state index is 2.51. The minimum Gasteiger partial charge on any atom is -0.374 e. The van der Waals surface area contributed by atoms with Gasteiger partial charge in [0.1, 0.15) is 0 Å². The molecule has 0 spiro atoms. The largest absolute Gasteiger partial charge is 0.374 e. The third kappa shape index (κ3) is 0.606. The Morgan fingerprint density at radius 3 is 2.44 bits per heavy atom. The van der Waals surface area contributed by atoms with Crippen LogP contribution < -0.4 is 0 Å². The van der Waals surface area contributed by atoms with Crippen LogP contribution in [0.3, 0.4) is 0 Å². The molecule has 9 heavy (non-hydrogen) atoms. The van der Waals surface area contributed by atoms with Gasteiger partial charge in [-0.1, -0.05) is 6.92 Å². The molecule has 0 saturated carbocycles. The van der Waals surface area contributed by atoms with Crippen molar-refractivity contribution in [1.29, 1.82) is 0 Å². The van der Waals surface area contributed by atoms with E-state index in [0.29, 0.717) is 0 Å². The van der Waals surface area contributed by atoms with Gasteiger partial charge < -0.3 is 4.90 Å². The highest BCUT2D eigenvalue weighted by molar-refractivity contribution is 5.24. The molecular formula is C8H13N. The molecule has 0 aromatic heterocycles. The first-order valence-corrected chi connectivity index (χ1v) is 3.87. The minimum absolute atomic E-state index is 1.28. The van der Waals surface area contributed by atoms with Crippen LogP contribution in [0.25, 0.3) is 0 Å². The third-order valence-electron chi connectivity index (χ3n) is 2.52. The molecule has 50 valence electrons. The summed E-state index contributed by atoms with van der Waals surface area (Å²) in [6, 6.07) is 0. The average molecular weight is 123 g/mol. The van der Waals surface area contributed by atoms with Crippen LogP contribution >= 0.6 is 0 Å². The highest BCUT2D eigenvalue weighted by Crippen LogP contribution is 2.34. The van der Waals surface area contributed by atoms with Crippen molar-refractivity contribution >= 4 is 0 Å². The van der Waals surface area contributed by atoms with Crippen LogP contribution in [0.1, 0.15) is 26.2 Å². The minimum atomic E-state index is 1.28. The Hall–Kier alpha value is -0.460. The molecule has 0 aromatic rings. The van der Waals surface area contributed by atoms with Gasteiger partial charge in [0.25, 0.3) is 0 Å². The zero-order valence-corrected chi connectivity index (χ0v) is 5.98. The molecule has 2 aliphatic heterocycles. The van der Waals surface area contributed by atoms with Crippen molar-refractivity contribution in [2.24, 2.45) is 0 Å². The predicted octanol–water partition coefficient (Wildman–Crippen LogP) is 1.76. The smallest absolute Gasteiger partial charge is 0.0229 e. The van der Waals surface area contributed by atoms with Crippen LogP contribution in [-0.4, -0.2) is 18.0 Å². The van der Waals surface area contributed by atoms with Gasteiger partial charge in [0.15, 0.2) is 0 Å². The summed E-state index contributed by atoms with van der Waals surface area (Å²) in [5, 5.41) is 0. The molecule has 0 aliphatic carbocycles. The zero-order valence-electron chi connectivity index (χ0n) is 5.98. The summed E-state index contributed by atoms with van der Waals surface area (Å²) < 4.78 is 0. The molecule has 0 bridgehead atoms. The molecule has 0 amide bonds. The van der Waals surface area contributed by atoms with E-state index >= 15 is 0 Å². The van der Waals surface area contributed by atoms with Gasteiger partial charge in [0.2, 0.25) is 0 Å². The van der Waals surface area contributed by atoms with E-state index in [-0.39, 0.29) is 0 Å². The Kier molecular flexibility index (Phi) is 1.04. The van der Waals surface area contributed by atoms with Crippen molar-refractivity contribution in [2.45, 2.75) is 26.2 Å². The standard InChI is InChI=1S/C8H13N/c1-2-7-3-5-9-6-4-8(7)9/h2-6H2,1H3. The van der Waals surface area contributed by atoms with E-state index in [2.05, 4.69) is 11.8 Å². The van der Waals surface area contributed by atoms with Crippen molar-refractivity contribution in [2.75, 3.05) is 13.1 Å². The first-order valence-electron chi connectivity index (χ1n) is 3.87. The fraction of sp³-hybridized carbons (Fsp3) is 0.750. The lowest BCUT2D eigenvalue weighted by Gasteiger charge is -2.32. The highest BCUT2D eigenvalue weighted by Gasteiger charge is 2.27. The SMILES string of the molecule is CCC1=C2CCN2CC1. The fourth-order valence-corrected chi connectivity index (χ4v) is 1.82. The summed E-state index contributed by atoms with van der Waals surface area (Å²) in [5.41, 5.74) is 3.40. The molecule has 0 N–H and O–H groups in total. The molecule has 0 atom stereocenters. The molecule has 1 heteroatoms. The summed E-state index contributed by atoms with van der Waals surface area (Å²) in [5.74, 6) is 0. The summed E-state index contributed by atoms with van der Waals surface area (Å²) in [7, 11) is 0. The van der Waals surface area contributed by atoms with Gasteiger partial charge in [-0.25, -0.2) is 0 Å². The predicted molar refractivity (Wildman–Crippen MR) is 38.1 cm³/mol. The van der Waals surface area contributed by atoms with Crippen molar-refractivity contribution in [3.8, 4) is 0 Å². The molecule has 2 aliphatic rings. The third-order valence-corrected chi connectivity index (χ3v) is 2.52. The van der Waals surface area contributed by atoms with E-state index in [1.165, 1.54) is 32.4 Å². The van der Waals surface area contributed by atoms with Crippen molar-refractivity contribution in [3.63, 3.8) is 0 Å². The monoisotopic (exact) mass is 123 g/mol. The highest BCUT2D eigenvalue weighted by atomic mass is 15.2. The lowest BCUT2D eigenvalue weighted by Crippen LogP contribution is -2.31. The van der Waals surface area contributed by atoms with E-state index < -0.39 is 0 Å². The summed E-state index contributed by atoms with van der Waals surface area (Å²) in [4.78, 5) is 2.51. The second-order valence-electron chi connectivity index (χ2n) is 2.89. The summed E-state index contributed by atoms with van der Waals surface area (Å²) in [6.45, 7) is 4.92. The van der Waals surface area contributed by atoms with Crippen molar-refractivity contribution < 1.29 is 0 Å². The van der Waals surface area contributed by atoms with E-state index in [4.69, 9.17) is 0 Å². The van der Waals surface area contributed by atoms with Crippen LogP contribution in [0.2, 0.25) is 0 Å². The van der Waals surface area contributed by atoms with Crippen LogP contribution in [0, 0.1) is 0 Å². The van der Waals surface area contributed by atoms with Crippen LogP contribution in [0.5, 0.6) is 0 Å². The van der Waals surface area contributed by atoms with Gasteiger partial charge in [-0.3, -0.25) is 0 Å². The average Bonchev–Trinajstić information content (AvgIpc) is 2.07. The quantitative estimate of drug-likeness (QED) is 0.513. The van der Waals surface area contributed by atoms with Gasteiger partial charge in [0.05, 0.1) is 0 Å². The van der Waals surface area contributed by atoms with Crippen LogP contribution in [-0.2, 0) is 0 Å². The number of hydrogen-bond acceptors (Lipinski definition) is 1. The number of rotatable bonds is 1. The lowest BCUT2D eigenvalue weighted by atomic mass is 10.1. The van der Waals surface area contributed by atoms with Crippen LogP contribution in [0.4, 0.5) is 0 Å². The summed E-state index contributed by atoms with van der Waals surface area (Å²) in [6.07, 6.45) is 4.00. The molecule has 0 radical (unpaired) electrons. The molecular weight excluding hydrogens is 110 g/mol. The lowest BCUT2D eigenvalue weighted by molar-refractivity contribution is 0.285. The maximum Gasteiger partial charge on any atom is 0.0229 e. The second-order valence-corrected chi connectivity index (χ2v) is 2.89. The van der Waals surface area contributed by atoms with E-state index in [1.54, 1.807) is 11.3 Å². The molecule has 2 heterocycles. The summed E-state index contributed by atoms with van der Waals surface area (Å²) >= 11 is 0. The van der Waals surface area contributed by atoms with Gasteiger partial charge in [-0.2, -0.15) is 0 Å². The Labute approximate surface area is 56.4 Å². The first-order chi connectivity index (χ1) is 4.42. The maximum absolute atomic E-state index is 2.51. The number of nitrogens with zero attached hydrogens (tertiary/aromatic N) is 1. The normalized spacial score (nSPS) is 24.3. The first kappa shape index (κ1) is 5.33. The Balaban J connectivity index is 2.19. The molecule has 0 unspecified atom stereocenters. The molecule has 1 fully saturated rings. The van der Waals surface area contributed by atoms with E-state index in [0.717, 1.165) is 0 Å². The fourth-order valence-electron chi connectivity index (χ4n) is 1.82. The Bertz CT molecular complexity index is 154. The Morgan fingerprint density at radius 1 is 1.33 bits per heavy atom. The van der Waals surface area contributed by atoms with Gasteiger partial charge in [-0.15, -0.1) is 0 Å². The molecule has 1 nitrogen and oxygen atoms in total. The van der Waals surface area contributed by atoms with Crippen molar-refractivity contribution in [3.05, 3.63) is 11.3 Å². The Morgan fingerprint density at radius 2 is 2.11 bits per heavy atom. The second kappa shape index (κ2) is 1.76. The van der Waals surface area contributed by atoms with Gasteiger partial charge in [0, 0.05) is 25.2 Å². The van der Waals surface area contributed by atoms with Crippen molar-refractivity contribution in [1.82, 2.24) is 4.90 Å². The molecule has 0 aromatic carbocycles. The van der Waals surface area contributed by atoms with Gasteiger partial charge >= 0.3 is 0 Å². The molecule has 1 saturated heterocycles. The van der Waals surface area contributed by atoms with E-state index in [1.807, 2.05) is 0 Å². The topological polar surface area (TPSA) is 3.24 Å². The van der Waals surface area contributed by atoms with E-state index in [9.17, 15) is 0 Å². The number of fused-ring (bicyclic) bond motifs is 1. The zero-order chi connectivity index (χ0) is 6.27. The van der Waals surface area contributed by atoms with Gasteiger partial charge in [-0.05, 0) is 18.4 Å². The molecule has 2 rings (SSSR count). The van der Waals surface area contributed by atoms with Crippen LogP contribution in [0.15, 0.2) is 11.3 Å². The number of hydrogen-bond donors (Lipinski definition) is 0.